The molecule has 5 heteroatoms. The van der Waals surface area contributed by atoms with Crippen LogP contribution in [0.2, 0.25) is 0 Å². The van der Waals surface area contributed by atoms with E-state index in [2.05, 4.69) is 0 Å². The minimum Gasteiger partial charge on any atom is -0.441 e. The molecule has 2 heterocycles. The predicted octanol–water partition coefficient (Wildman–Crippen LogP) is 4.13. The number of ether oxygens (including phenoxy) is 1. The molecule has 0 bridgehead atoms. The molecule has 0 saturated carbocycles. The highest BCUT2D eigenvalue weighted by Crippen LogP contribution is 2.32. The van der Waals surface area contributed by atoms with Gasteiger partial charge in [-0.2, -0.15) is 0 Å². The standard InChI is InChI=1S/C19H19NO3S/c1-19(2)16(13-14-7-4-3-5-8-14)20(18(22)23-19)17(21)11-10-15-9-6-12-24-15/h3-12,16H,13H2,1-2H3. The summed E-state index contributed by atoms with van der Waals surface area (Å²) < 4.78 is 5.44. The molecule has 2 amide bonds. The first kappa shape index (κ1) is 16.5. The van der Waals surface area contributed by atoms with Crippen molar-refractivity contribution in [1.29, 1.82) is 0 Å². The Labute approximate surface area is 145 Å². The normalized spacial score (nSPS) is 19.7. The molecule has 1 atom stereocenters. The third-order valence-electron chi connectivity index (χ3n) is 4.10. The number of hydrogen-bond donors (Lipinski definition) is 0. The van der Waals surface area contributed by atoms with Crippen molar-refractivity contribution >= 4 is 29.4 Å². The fourth-order valence-corrected chi connectivity index (χ4v) is 3.44. The Balaban J connectivity index is 1.83. The number of nitrogens with zero attached hydrogens (tertiary/aromatic N) is 1. The van der Waals surface area contributed by atoms with Gasteiger partial charge < -0.3 is 4.74 Å². The van der Waals surface area contributed by atoms with Gasteiger partial charge in [0.25, 0.3) is 5.91 Å². The van der Waals surface area contributed by atoms with Crippen LogP contribution < -0.4 is 0 Å². The Morgan fingerprint density at radius 1 is 1.25 bits per heavy atom. The van der Waals surface area contributed by atoms with Crippen LogP contribution in [0, 0.1) is 0 Å². The summed E-state index contributed by atoms with van der Waals surface area (Å²) in [7, 11) is 0. The minimum atomic E-state index is -0.723. The van der Waals surface area contributed by atoms with Crippen LogP contribution in [0.5, 0.6) is 0 Å². The van der Waals surface area contributed by atoms with Gasteiger partial charge in [-0.05, 0) is 43.4 Å². The zero-order chi connectivity index (χ0) is 17.2. The second-order valence-electron chi connectivity index (χ2n) is 6.23. The van der Waals surface area contributed by atoms with Crippen molar-refractivity contribution in [2.24, 2.45) is 0 Å². The Morgan fingerprint density at radius 3 is 2.67 bits per heavy atom. The van der Waals surface area contributed by atoms with Gasteiger partial charge in [0, 0.05) is 11.0 Å². The minimum absolute atomic E-state index is 0.340. The summed E-state index contributed by atoms with van der Waals surface area (Å²) in [4.78, 5) is 27.0. The van der Waals surface area contributed by atoms with Crippen molar-refractivity contribution in [2.45, 2.75) is 31.9 Å². The number of rotatable bonds is 4. The van der Waals surface area contributed by atoms with Crippen LogP contribution in [-0.4, -0.2) is 28.5 Å². The molecule has 2 aromatic rings. The SMILES string of the molecule is CC1(C)OC(=O)N(C(=O)C=Cc2cccs2)C1Cc1ccccc1. The Kier molecular flexibility index (Phi) is 4.53. The summed E-state index contributed by atoms with van der Waals surface area (Å²) in [6.45, 7) is 3.68. The van der Waals surface area contributed by atoms with Crippen LogP contribution in [0.4, 0.5) is 4.79 Å². The summed E-state index contributed by atoms with van der Waals surface area (Å²) in [6.07, 6.45) is 3.15. The lowest BCUT2D eigenvalue weighted by atomic mass is 9.92. The number of cyclic esters (lactones) is 1. The van der Waals surface area contributed by atoms with Gasteiger partial charge in [-0.3, -0.25) is 4.79 Å². The van der Waals surface area contributed by atoms with Crippen molar-refractivity contribution in [3.8, 4) is 0 Å². The van der Waals surface area contributed by atoms with Gasteiger partial charge in [-0.25, -0.2) is 9.69 Å². The molecule has 1 unspecified atom stereocenters. The molecule has 1 aliphatic heterocycles. The molecule has 24 heavy (non-hydrogen) atoms. The number of imide groups is 1. The highest BCUT2D eigenvalue weighted by atomic mass is 32.1. The highest BCUT2D eigenvalue weighted by Gasteiger charge is 2.49. The van der Waals surface area contributed by atoms with Crippen molar-refractivity contribution < 1.29 is 14.3 Å². The summed E-state index contributed by atoms with van der Waals surface area (Å²) >= 11 is 1.54. The van der Waals surface area contributed by atoms with Crippen molar-refractivity contribution in [3.05, 3.63) is 64.4 Å². The molecular weight excluding hydrogens is 322 g/mol. The first-order chi connectivity index (χ1) is 11.5. The maximum atomic E-state index is 12.6. The van der Waals surface area contributed by atoms with E-state index in [0.29, 0.717) is 6.42 Å². The number of carbonyl (C=O) groups is 2. The molecule has 0 spiro atoms. The number of carbonyl (C=O) groups excluding carboxylic acids is 2. The third-order valence-corrected chi connectivity index (χ3v) is 4.94. The lowest BCUT2D eigenvalue weighted by Gasteiger charge is -2.27. The zero-order valence-electron chi connectivity index (χ0n) is 13.6. The molecule has 4 nitrogen and oxygen atoms in total. The van der Waals surface area contributed by atoms with Crippen molar-refractivity contribution in [1.82, 2.24) is 4.90 Å². The summed E-state index contributed by atoms with van der Waals surface area (Å²) in [5.41, 5.74) is 0.341. The summed E-state index contributed by atoms with van der Waals surface area (Å²) in [5, 5.41) is 1.94. The van der Waals surface area contributed by atoms with E-state index in [4.69, 9.17) is 4.74 Å². The van der Waals surface area contributed by atoms with Crippen molar-refractivity contribution in [2.75, 3.05) is 0 Å². The molecule has 1 saturated heterocycles. The van der Waals surface area contributed by atoms with Gasteiger partial charge >= 0.3 is 6.09 Å². The molecule has 1 aromatic carbocycles. The summed E-state index contributed by atoms with van der Waals surface area (Å²) in [6, 6.07) is 13.3. The quantitative estimate of drug-likeness (QED) is 0.786. The Bertz CT molecular complexity index is 750. The molecule has 3 rings (SSSR count). The van der Waals surface area contributed by atoms with Crippen LogP contribution in [-0.2, 0) is 16.0 Å². The molecule has 124 valence electrons. The van der Waals surface area contributed by atoms with Gasteiger partial charge in [0.05, 0.1) is 6.04 Å². The van der Waals surface area contributed by atoms with E-state index in [-0.39, 0.29) is 11.9 Å². The maximum Gasteiger partial charge on any atom is 0.417 e. The number of amides is 2. The van der Waals surface area contributed by atoms with Crippen LogP contribution in [0.1, 0.15) is 24.3 Å². The van der Waals surface area contributed by atoms with Crippen LogP contribution in [0.3, 0.4) is 0 Å². The van der Waals surface area contributed by atoms with Crippen LogP contribution >= 0.6 is 11.3 Å². The first-order valence-corrected chi connectivity index (χ1v) is 8.67. The molecule has 0 aliphatic carbocycles. The molecule has 1 fully saturated rings. The van der Waals surface area contributed by atoms with E-state index in [9.17, 15) is 9.59 Å². The molecular formula is C19H19NO3S. The predicted molar refractivity (Wildman–Crippen MR) is 94.7 cm³/mol. The van der Waals surface area contributed by atoms with E-state index in [1.807, 2.05) is 61.7 Å². The number of benzene rings is 1. The largest absolute Gasteiger partial charge is 0.441 e. The molecule has 1 aromatic heterocycles. The monoisotopic (exact) mass is 341 g/mol. The summed E-state index contributed by atoms with van der Waals surface area (Å²) in [5.74, 6) is -0.347. The average molecular weight is 341 g/mol. The van der Waals surface area contributed by atoms with Gasteiger partial charge in [-0.15, -0.1) is 11.3 Å². The Morgan fingerprint density at radius 2 is 2.00 bits per heavy atom. The maximum absolute atomic E-state index is 12.6. The molecule has 0 radical (unpaired) electrons. The Hall–Kier alpha value is -2.40. The topological polar surface area (TPSA) is 46.6 Å². The van der Waals surface area contributed by atoms with Gasteiger partial charge in [-0.1, -0.05) is 36.4 Å². The highest BCUT2D eigenvalue weighted by molar-refractivity contribution is 7.10. The van der Waals surface area contributed by atoms with E-state index < -0.39 is 11.7 Å². The van der Waals surface area contributed by atoms with Gasteiger partial charge in [0.1, 0.15) is 5.60 Å². The third kappa shape index (κ3) is 3.41. The number of hydrogen-bond acceptors (Lipinski definition) is 4. The lowest BCUT2D eigenvalue weighted by molar-refractivity contribution is -0.124. The second-order valence-corrected chi connectivity index (χ2v) is 7.21. The average Bonchev–Trinajstić information content (AvgIpc) is 3.13. The van der Waals surface area contributed by atoms with E-state index >= 15 is 0 Å². The van der Waals surface area contributed by atoms with Gasteiger partial charge in [0.2, 0.25) is 0 Å². The molecule has 1 aliphatic rings. The van der Waals surface area contributed by atoms with Crippen LogP contribution in [0.15, 0.2) is 53.9 Å². The lowest BCUT2D eigenvalue weighted by Crippen LogP contribution is -2.45. The fourth-order valence-electron chi connectivity index (χ4n) is 2.82. The van der Waals surface area contributed by atoms with Gasteiger partial charge in [0.15, 0.2) is 0 Å². The van der Waals surface area contributed by atoms with E-state index in [0.717, 1.165) is 10.4 Å². The van der Waals surface area contributed by atoms with Crippen LogP contribution in [0.25, 0.3) is 6.08 Å². The first-order valence-electron chi connectivity index (χ1n) is 7.79. The smallest absolute Gasteiger partial charge is 0.417 e. The number of thiophene rings is 1. The van der Waals surface area contributed by atoms with Crippen molar-refractivity contribution in [3.63, 3.8) is 0 Å². The van der Waals surface area contributed by atoms with E-state index in [1.54, 1.807) is 6.08 Å². The zero-order valence-corrected chi connectivity index (χ0v) is 14.5. The molecule has 0 N–H and O–H groups in total. The second kappa shape index (κ2) is 6.61. The van der Waals surface area contributed by atoms with E-state index in [1.165, 1.54) is 22.3 Å². The fraction of sp³-hybridized carbons (Fsp3) is 0.263.